The summed E-state index contributed by atoms with van der Waals surface area (Å²) in [5.74, 6) is 0.154. The summed E-state index contributed by atoms with van der Waals surface area (Å²) in [6.45, 7) is 3.78. The van der Waals surface area contributed by atoms with Gasteiger partial charge in [0.05, 0.1) is 22.4 Å². The lowest BCUT2D eigenvalue weighted by atomic mass is 9.93. The molecular formula is C24H29N5O4S. The number of aliphatic hydroxyl groups excluding tert-OH is 1. The Morgan fingerprint density at radius 3 is 2.71 bits per heavy atom. The minimum atomic E-state index is -0.725. The lowest BCUT2D eigenvalue weighted by Crippen LogP contribution is -2.36. The molecule has 4 N–H and O–H groups in total. The Labute approximate surface area is 200 Å². The van der Waals surface area contributed by atoms with Gasteiger partial charge < -0.3 is 25.2 Å². The number of rotatable bonds is 6. The molecule has 3 aromatic rings. The summed E-state index contributed by atoms with van der Waals surface area (Å²) >= 11 is 1.47. The molecule has 34 heavy (non-hydrogen) atoms. The van der Waals surface area contributed by atoms with Crippen molar-refractivity contribution in [2.45, 2.75) is 69.6 Å². The van der Waals surface area contributed by atoms with Crippen LogP contribution in [0.1, 0.15) is 39.5 Å². The molecule has 2 aromatic heterocycles. The summed E-state index contributed by atoms with van der Waals surface area (Å²) < 4.78 is 13.3. The van der Waals surface area contributed by atoms with Crippen molar-refractivity contribution in [3.8, 4) is 10.6 Å². The van der Waals surface area contributed by atoms with Gasteiger partial charge in [-0.2, -0.15) is 4.98 Å². The fourth-order valence-corrected chi connectivity index (χ4v) is 6.16. The van der Waals surface area contributed by atoms with E-state index < -0.39 is 5.79 Å². The van der Waals surface area contributed by atoms with Crippen LogP contribution < -0.4 is 16.2 Å². The number of aromatic amines is 1. The Bertz CT molecular complexity index is 1240. The van der Waals surface area contributed by atoms with Gasteiger partial charge >= 0.3 is 0 Å². The number of aromatic nitrogens is 3. The summed E-state index contributed by atoms with van der Waals surface area (Å²) in [5, 5.41) is 17.4. The second kappa shape index (κ2) is 8.30. The van der Waals surface area contributed by atoms with E-state index in [1.807, 2.05) is 38.1 Å². The van der Waals surface area contributed by atoms with Crippen LogP contribution >= 0.6 is 11.3 Å². The van der Waals surface area contributed by atoms with Crippen LogP contribution in [0.25, 0.3) is 20.8 Å². The second-order valence-electron chi connectivity index (χ2n) is 9.89. The average molecular weight is 484 g/mol. The van der Waals surface area contributed by atoms with Gasteiger partial charge in [0.2, 0.25) is 5.95 Å². The third-order valence-electron chi connectivity index (χ3n) is 7.01. The standard InChI is InChI=1S/C24H29N5O4S/c1-24(2)32-18-12(11-30)10-15(19(18)33-24)26-20-17(22-27-14-8-3-4-9-16(14)34-22)21(31)29-23(28-20)25-13-6-5-7-13/h3-4,8-9,12-13,15,18-19,30H,5-7,10-11H2,1-2H3,(H3,25,26,28,29,31). The molecule has 0 spiro atoms. The normalized spacial score (nSPS) is 28.1. The van der Waals surface area contributed by atoms with Gasteiger partial charge in [0.15, 0.2) is 5.79 Å². The van der Waals surface area contributed by atoms with E-state index in [0.717, 1.165) is 23.1 Å². The van der Waals surface area contributed by atoms with Crippen molar-refractivity contribution >= 4 is 33.3 Å². The van der Waals surface area contributed by atoms with Crippen LogP contribution in [0.2, 0.25) is 0 Å². The number of hydrogen-bond acceptors (Lipinski definition) is 9. The summed E-state index contributed by atoms with van der Waals surface area (Å²) in [7, 11) is 0. The Morgan fingerprint density at radius 2 is 1.97 bits per heavy atom. The molecule has 2 saturated carbocycles. The maximum atomic E-state index is 13.3. The van der Waals surface area contributed by atoms with Gasteiger partial charge in [-0.1, -0.05) is 12.1 Å². The second-order valence-corrected chi connectivity index (χ2v) is 10.9. The number of nitrogens with one attached hydrogen (secondary N) is 3. The Morgan fingerprint density at radius 1 is 1.18 bits per heavy atom. The van der Waals surface area contributed by atoms with Crippen LogP contribution in [-0.2, 0) is 9.47 Å². The molecule has 3 heterocycles. The molecule has 1 aliphatic heterocycles. The first-order chi connectivity index (χ1) is 16.4. The van der Waals surface area contributed by atoms with E-state index >= 15 is 0 Å². The van der Waals surface area contributed by atoms with Crippen LogP contribution in [0.4, 0.5) is 11.8 Å². The number of para-hydroxylation sites is 1. The quantitative estimate of drug-likeness (QED) is 0.421. The summed E-state index contributed by atoms with van der Waals surface area (Å²) in [4.78, 5) is 25.8. The van der Waals surface area contributed by atoms with E-state index in [9.17, 15) is 9.90 Å². The number of hydrogen-bond donors (Lipinski definition) is 4. The number of benzene rings is 1. The van der Waals surface area contributed by atoms with Crippen LogP contribution in [0.15, 0.2) is 29.1 Å². The highest BCUT2D eigenvalue weighted by atomic mass is 32.1. The predicted molar refractivity (Wildman–Crippen MR) is 131 cm³/mol. The SMILES string of the molecule is CC1(C)OC2C(CO)CC(Nc3nc(NC4CCC4)[nH]c(=O)c3-c3nc4ccccc4s3)C2O1. The van der Waals surface area contributed by atoms with Crippen LogP contribution in [0, 0.1) is 5.92 Å². The average Bonchev–Trinajstić information content (AvgIpc) is 3.41. The van der Waals surface area contributed by atoms with E-state index in [1.54, 1.807) is 0 Å². The molecule has 3 aliphatic rings. The third-order valence-corrected chi connectivity index (χ3v) is 8.07. The highest BCUT2D eigenvalue weighted by molar-refractivity contribution is 7.21. The summed E-state index contributed by atoms with van der Waals surface area (Å²) in [6, 6.07) is 8.00. The number of ether oxygens (including phenoxy) is 2. The molecule has 9 nitrogen and oxygen atoms in total. The van der Waals surface area contributed by atoms with Crippen molar-refractivity contribution in [3.63, 3.8) is 0 Å². The van der Waals surface area contributed by atoms with Gasteiger partial charge in [0.25, 0.3) is 5.56 Å². The third kappa shape index (κ3) is 3.88. The number of thiazole rings is 1. The zero-order valence-corrected chi connectivity index (χ0v) is 20.0. The molecule has 10 heteroatoms. The molecule has 0 radical (unpaired) electrons. The minimum Gasteiger partial charge on any atom is -0.396 e. The topological polar surface area (TPSA) is 121 Å². The Hall–Kier alpha value is -2.53. The van der Waals surface area contributed by atoms with Crippen molar-refractivity contribution < 1.29 is 14.6 Å². The molecule has 180 valence electrons. The molecule has 4 atom stereocenters. The molecule has 1 saturated heterocycles. The minimum absolute atomic E-state index is 0.0147. The molecule has 3 fully saturated rings. The predicted octanol–water partition coefficient (Wildman–Crippen LogP) is 3.32. The summed E-state index contributed by atoms with van der Waals surface area (Å²) in [5.41, 5.74) is 1.03. The number of anilines is 2. The maximum Gasteiger partial charge on any atom is 0.264 e. The van der Waals surface area contributed by atoms with Crippen molar-refractivity contribution in [2.24, 2.45) is 5.92 Å². The van der Waals surface area contributed by atoms with E-state index in [0.29, 0.717) is 34.8 Å². The molecule has 6 rings (SSSR count). The number of H-pyrrole nitrogens is 1. The van der Waals surface area contributed by atoms with E-state index in [2.05, 4.69) is 15.6 Å². The van der Waals surface area contributed by atoms with Crippen LogP contribution in [0.5, 0.6) is 0 Å². The Kier molecular flexibility index (Phi) is 5.36. The Balaban J connectivity index is 1.39. The van der Waals surface area contributed by atoms with Gasteiger partial charge in [-0.25, -0.2) is 4.98 Å². The number of nitrogens with zero attached hydrogens (tertiary/aromatic N) is 2. The van der Waals surface area contributed by atoms with Gasteiger partial charge in [0.1, 0.15) is 22.5 Å². The largest absolute Gasteiger partial charge is 0.396 e. The molecule has 2 aliphatic carbocycles. The molecule has 1 aromatic carbocycles. The number of aliphatic hydroxyl groups is 1. The van der Waals surface area contributed by atoms with Crippen LogP contribution in [-0.4, -0.2) is 56.7 Å². The van der Waals surface area contributed by atoms with Crippen molar-refractivity contribution in [3.05, 3.63) is 34.6 Å². The summed E-state index contributed by atoms with van der Waals surface area (Å²) in [6.07, 6.45) is 3.50. The van der Waals surface area contributed by atoms with Crippen molar-refractivity contribution in [1.82, 2.24) is 15.0 Å². The fourth-order valence-electron chi connectivity index (χ4n) is 5.15. The zero-order valence-electron chi connectivity index (χ0n) is 19.2. The zero-order chi connectivity index (χ0) is 23.4. The highest BCUT2D eigenvalue weighted by Crippen LogP contribution is 2.43. The van der Waals surface area contributed by atoms with E-state index in [4.69, 9.17) is 19.4 Å². The highest BCUT2D eigenvalue weighted by Gasteiger charge is 2.54. The van der Waals surface area contributed by atoms with Gasteiger partial charge in [-0.05, 0) is 51.7 Å². The van der Waals surface area contributed by atoms with Gasteiger partial charge in [-0.3, -0.25) is 9.78 Å². The van der Waals surface area contributed by atoms with Crippen molar-refractivity contribution in [1.29, 1.82) is 0 Å². The molecule has 0 bridgehead atoms. The van der Waals surface area contributed by atoms with Crippen molar-refractivity contribution in [2.75, 3.05) is 17.2 Å². The lowest BCUT2D eigenvalue weighted by Gasteiger charge is -2.27. The smallest absolute Gasteiger partial charge is 0.264 e. The first-order valence-corrected chi connectivity index (χ1v) is 12.7. The van der Waals surface area contributed by atoms with Gasteiger partial charge in [0, 0.05) is 18.6 Å². The first-order valence-electron chi connectivity index (χ1n) is 11.9. The van der Waals surface area contributed by atoms with E-state index in [1.165, 1.54) is 17.8 Å². The molecule has 4 unspecified atom stereocenters. The molecular weight excluding hydrogens is 454 g/mol. The van der Waals surface area contributed by atoms with Gasteiger partial charge in [-0.15, -0.1) is 11.3 Å². The number of fused-ring (bicyclic) bond motifs is 2. The van der Waals surface area contributed by atoms with Crippen LogP contribution in [0.3, 0.4) is 0 Å². The maximum absolute atomic E-state index is 13.3. The lowest BCUT2D eigenvalue weighted by molar-refractivity contribution is -0.158. The first kappa shape index (κ1) is 22.0. The fraction of sp³-hybridized carbons (Fsp3) is 0.542. The van der Waals surface area contributed by atoms with E-state index in [-0.39, 0.29) is 36.3 Å². The molecule has 0 amide bonds. The monoisotopic (exact) mass is 483 g/mol.